The van der Waals surface area contributed by atoms with E-state index in [1.54, 1.807) is 6.07 Å². The van der Waals surface area contributed by atoms with Crippen molar-refractivity contribution in [2.45, 2.75) is 6.92 Å². The molecule has 0 fully saturated rings. The van der Waals surface area contributed by atoms with E-state index in [4.69, 9.17) is 17.3 Å². The maximum atomic E-state index is 12.0. The lowest BCUT2D eigenvalue weighted by Gasteiger charge is -2.07. The van der Waals surface area contributed by atoms with Gasteiger partial charge < -0.3 is 5.73 Å². The number of nitrogens with one attached hydrogen (secondary N) is 1. The van der Waals surface area contributed by atoms with Crippen LogP contribution in [0.5, 0.6) is 0 Å². The van der Waals surface area contributed by atoms with Crippen molar-refractivity contribution in [3.63, 3.8) is 0 Å². The first-order chi connectivity index (χ1) is 8.56. The molecule has 0 aliphatic rings. The SMILES string of the molecule is Cc1cc2nc(N)[nH]c(=O)c2c2cc(Cl)ccc12. The van der Waals surface area contributed by atoms with E-state index in [1.165, 1.54) is 0 Å². The highest BCUT2D eigenvalue weighted by Gasteiger charge is 2.09. The molecule has 0 saturated heterocycles. The highest BCUT2D eigenvalue weighted by atomic mass is 35.5. The van der Waals surface area contributed by atoms with E-state index in [1.807, 2.05) is 25.1 Å². The number of benzene rings is 2. The summed E-state index contributed by atoms with van der Waals surface area (Å²) < 4.78 is 0. The van der Waals surface area contributed by atoms with Gasteiger partial charge in [0.15, 0.2) is 0 Å². The smallest absolute Gasteiger partial charge is 0.260 e. The summed E-state index contributed by atoms with van der Waals surface area (Å²) >= 11 is 6.00. The van der Waals surface area contributed by atoms with Crippen LogP contribution in [0.1, 0.15) is 5.56 Å². The molecule has 0 unspecified atom stereocenters. The molecule has 18 heavy (non-hydrogen) atoms. The van der Waals surface area contributed by atoms with E-state index in [-0.39, 0.29) is 11.5 Å². The zero-order chi connectivity index (χ0) is 12.9. The van der Waals surface area contributed by atoms with Crippen molar-refractivity contribution in [1.82, 2.24) is 9.97 Å². The largest absolute Gasteiger partial charge is 0.369 e. The molecule has 5 heteroatoms. The minimum Gasteiger partial charge on any atom is -0.369 e. The number of nitrogen functional groups attached to an aromatic ring is 1. The molecule has 0 radical (unpaired) electrons. The van der Waals surface area contributed by atoms with Crippen LogP contribution >= 0.6 is 11.6 Å². The highest BCUT2D eigenvalue weighted by Crippen LogP contribution is 2.27. The third-order valence-electron chi connectivity index (χ3n) is 2.99. The van der Waals surface area contributed by atoms with Crippen LogP contribution in [0.15, 0.2) is 29.1 Å². The van der Waals surface area contributed by atoms with Crippen LogP contribution in [0.3, 0.4) is 0 Å². The highest BCUT2D eigenvalue weighted by molar-refractivity contribution is 6.31. The zero-order valence-electron chi connectivity index (χ0n) is 9.62. The van der Waals surface area contributed by atoms with Crippen molar-refractivity contribution < 1.29 is 0 Å². The van der Waals surface area contributed by atoms with E-state index in [9.17, 15) is 4.79 Å². The number of hydrogen-bond donors (Lipinski definition) is 2. The third kappa shape index (κ3) is 1.54. The van der Waals surface area contributed by atoms with E-state index in [0.717, 1.165) is 16.3 Å². The second-order valence-electron chi connectivity index (χ2n) is 4.23. The molecular weight excluding hydrogens is 250 g/mol. The summed E-state index contributed by atoms with van der Waals surface area (Å²) in [5.41, 5.74) is 6.93. The first-order valence-electron chi connectivity index (χ1n) is 5.44. The molecule has 0 aliphatic carbocycles. The van der Waals surface area contributed by atoms with Gasteiger partial charge in [-0.25, -0.2) is 4.98 Å². The maximum absolute atomic E-state index is 12.0. The Morgan fingerprint density at radius 1 is 1.28 bits per heavy atom. The normalized spacial score (nSPS) is 11.2. The van der Waals surface area contributed by atoms with Crippen LogP contribution in [-0.2, 0) is 0 Å². The fourth-order valence-electron chi connectivity index (χ4n) is 2.22. The standard InChI is InChI=1S/C13H10ClN3O/c1-6-4-10-11(12(18)17-13(15)16-10)9-5-7(14)2-3-8(6)9/h2-5H,1H3,(H3,15,16,17,18). The number of anilines is 1. The van der Waals surface area contributed by atoms with E-state index < -0.39 is 0 Å². The molecule has 2 aromatic carbocycles. The third-order valence-corrected chi connectivity index (χ3v) is 3.23. The number of aryl methyl sites for hydroxylation is 1. The molecule has 3 N–H and O–H groups in total. The molecule has 3 rings (SSSR count). The number of aromatic amines is 1. The second-order valence-corrected chi connectivity index (χ2v) is 4.67. The van der Waals surface area contributed by atoms with Crippen LogP contribution in [0.2, 0.25) is 5.02 Å². The number of halogens is 1. The van der Waals surface area contributed by atoms with Gasteiger partial charge in [0.05, 0.1) is 10.9 Å². The Hall–Kier alpha value is -2.07. The summed E-state index contributed by atoms with van der Waals surface area (Å²) in [6, 6.07) is 7.35. The van der Waals surface area contributed by atoms with Gasteiger partial charge in [-0.3, -0.25) is 9.78 Å². The summed E-state index contributed by atoms with van der Waals surface area (Å²) in [6.07, 6.45) is 0. The first-order valence-corrected chi connectivity index (χ1v) is 5.82. The molecule has 0 bridgehead atoms. The zero-order valence-corrected chi connectivity index (χ0v) is 10.4. The van der Waals surface area contributed by atoms with Gasteiger partial charge in [-0.15, -0.1) is 0 Å². The second kappa shape index (κ2) is 3.71. The molecular formula is C13H10ClN3O. The number of nitrogens with two attached hydrogens (primary N) is 1. The molecule has 4 nitrogen and oxygen atoms in total. The average Bonchev–Trinajstić information content (AvgIpc) is 2.27. The summed E-state index contributed by atoms with van der Waals surface area (Å²) in [5.74, 6) is 0.119. The van der Waals surface area contributed by atoms with E-state index in [0.29, 0.717) is 15.9 Å². The van der Waals surface area contributed by atoms with Crippen LogP contribution in [0.25, 0.3) is 21.7 Å². The molecule has 0 aliphatic heterocycles. The van der Waals surface area contributed by atoms with Gasteiger partial charge in [0, 0.05) is 5.02 Å². The summed E-state index contributed by atoms with van der Waals surface area (Å²) in [4.78, 5) is 18.7. The van der Waals surface area contributed by atoms with E-state index in [2.05, 4.69) is 9.97 Å². The van der Waals surface area contributed by atoms with Gasteiger partial charge in [0.25, 0.3) is 5.56 Å². The van der Waals surface area contributed by atoms with Crippen LogP contribution in [-0.4, -0.2) is 9.97 Å². The molecule has 3 aromatic rings. The Morgan fingerprint density at radius 2 is 2.06 bits per heavy atom. The van der Waals surface area contributed by atoms with E-state index >= 15 is 0 Å². The van der Waals surface area contributed by atoms with Gasteiger partial charge in [0.1, 0.15) is 0 Å². The Morgan fingerprint density at radius 3 is 2.83 bits per heavy atom. The van der Waals surface area contributed by atoms with Crippen molar-refractivity contribution in [1.29, 1.82) is 0 Å². The van der Waals surface area contributed by atoms with Crippen molar-refractivity contribution in [2.75, 3.05) is 5.73 Å². The van der Waals surface area contributed by atoms with Crippen LogP contribution in [0, 0.1) is 6.92 Å². The average molecular weight is 260 g/mol. The lowest BCUT2D eigenvalue weighted by Crippen LogP contribution is -2.11. The summed E-state index contributed by atoms with van der Waals surface area (Å²) in [6.45, 7) is 1.97. The number of H-pyrrole nitrogens is 1. The molecule has 0 saturated carbocycles. The van der Waals surface area contributed by atoms with Crippen molar-refractivity contribution >= 4 is 39.2 Å². The fourth-order valence-corrected chi connectivity index (χ4v) is 2.40. The Labute approximate surface area is 107 Å². The van der Waals surface area contributed by atoms with Gasteiger partial charge >= 0.3 is 0 Å². The van der Waals surface area contributed by atoms with Crippen LogP contribution < -0.4 is 11.3 Å². The minimum atomic E-state index is -0.246. The molecule has 0 spiro atoms. The van der Waals surface area contributed by atoms with Gasteiger partial charge in [-0.2, -0.15) is 0 Å². The predicted molar refractivity (Wildman–Crippen MR) is 74.0 cm³/mol. The molecule has 0 atom stereocenters. The first kappa shape index (κ1) is 11.0. The lowest BCUT2D eigenvalue weighted by molar-refractivity contribution is 1.19. The Kier molecular flexibility index (Phi) is 2.28. The topological polar surface area (TPSA) is 71.8 Å². The number of fused-ring (bicyclic) bond motifs is 3. The lowest BCUT2D eigenvalue weighted by atomic mass is 10.0. The molecule has 90 valence electrons. The number of rotatable bonds is 0. The van der Waals surface area contributed by atoms with Gasteiger partial charge in [-0.1, -0.05) is 17.7 Å². The number of aromatic nitrogens is 2. The maximum Gasteiger partial charge on any atom is 0.260 e. The van der Waals surface area contributed by atoms with Gasteiger partial charge in [0.2, 0.25) is 5.95 Å². The van der Waals surface area contributed by atoms with Crippen LogP contribution in [0.4, 0.5) is 5.95 Å². The van der Waals surface area contributed by atoms with Crippen molar-refractivity contribution in [2.24, 2.45) is 0 Å². The monoisotopic (exact) mass is 259 g/mol. The number of hydrogen-bond acceptors (Lipinski definition) is 3. The molecule has 1 aromatic heterocycles. The molecule has 0 amide bonds. The predicted octanol–water partition coefficient (Wildman–Crippen LogP) is 2.62. The Bertz CT molecular complexity index is 839. The fraction of sp³-hybridized carbons (Fsp3) is 0.0769. The summed E-state index contributed by atoms with van der Waals surface area (Å²) in [5, 5.41) is 2.90. The molecule has 1 heterocycles. The van der Waals surface area contributed by atoms with Crippen molar-refractivity contribution in [3.8, 4) is 0 Å². The van der Waals surface area contributed by atoms with Gasteiger partial charge in [-0.05, 0) is 41.5 Å². The van der Waals surface area contributed by atoms with Crippen molar-refractivity contribution in [3.05, 3.63) is 45.2 Å². The minimum absolute atomic E-state index is 0.119. The number of nitrogens with zero attached hydrogens (tertiary/aromatic N) is 1. The Balaban J connectivity index is 2.67. The quantitative estimate of drug-likeness (QED) is 0.610. The summed E-state index contributed by atoms with van der Waals surface area (Å²) in [7, 11) is 0.